The second kappa shape index (κ2) is 8.11. The molecular weight excluding hydrogens is 350 g/mol. The zero-order chi connectivity index (χ0) is 16.3. The smallest absolute Gasteiger partial charge is 0.241 e. The fourth-order valence-electron chi connectivity index (χ4n) is 3.22. The van der Waals surface area contributed by atoms with Crippen LogP contribution in [0.5, 0.6) is 0 Å². The Hall–Kier alpha value is -1.41. The molecule has 1 fully saturated rings. The molecule has 1 saturated carbocycles. The zero-order valence-corrected chi connectivity index (χ0v) is 14.9. The van der Waals surface area contributed by atoms with Gasteiger partial charge in [0.25, 0.3) is 0 Å². The first-order valence-electron chi connectivity index (χ1n) is 7.84. The molecule has 3 rings (SSSR count). The van der Waals surface area contributed by atoms with E-state index in [9.17, 15) is 8.42 Å². The van der Waals surface area contributed by atoms with E-state index in [0.29, 0.717) is 23.8 Å². The van der Waals surface area contributed by atoms with Crippen LogP contribution in [-0.4, -0.2) is 26.2 Å². The van der Waals surface area contributed by atoms with Gasteiger partial charge in [0, 0.05) is 24.2 Å². The third kappa shape index (κ3) is 3.97. The van der Waals surface area contributed by atoms with E-state index in [1.54, 1.807) is 30.3 Å². The molecule has 3 N–H and O–H groups in total. The van der Waals surface area contributed by atoms with Gasteiger partial charge >= 0.3 is 0 Å². The molecule has 2 aromatic rings. The van der Waals surface area contributed by atoms with Crippen LogP contribution in [0.3, 0.4) is 0 Å². The number of nitrogens with one attached hydrogen (secondary N) is 1. The third-order valence-electron chi connectivity index (χ3n) is 4.41. The fraction of sp³-hybridized carbons (Fsp3) is 0.438. The lowest BCUT2D eigenvalue weighted by molar-refractivity contribution is 0.405. The van der Waals surface area contributed by atoms with E-state index < -0.39 is 10.0 Å². The van der Waals surface area contributed by atoms with E-state index in [4.69, 9.17) is 10.3 Å². The SMILES string of the molecule is Cl.NCC(NS(=O)(=O)c1ccccc1-c1ccno1)C1CCCC1. The topological polar surface area (TPSA) is 98.2 Å². The lowest BCUT2D eigenvalue weighted by atomic mass is 9.99. The molecule has 0 spiro atoms. The summed E-state index contributed by atoms with van der Waals surface area (Å²) in [6.07, 6.45) is 5.81. The van der Waals surface area contributed by atoms with Crippen molar-refractivity contribution in [3.05, 3.63) is 36.5 Å². The molecule has 6 nitrogen and oxygen atoms in total. The summed E-state index contributed by atoms with van der Waals surface area (Å²) in [5, 5.41) is 3.65. The Balaban J connectivity index is 0.00000208. The summed E-state index contributed by atoms with van der Waals surface area (Å²) >= 11 is 0. The molecule has 1 aliphatic rings. The van der Waals surface area contributed by atoms with Crippen molar-refractivity contribution >= 4 is 22.4 Å². The molecule has 1 unspecified atom stereocenters. The Kier molecular flexibility index (Phi) is 6.40. The van der Waals surface area contributed by atoms with Crippen molar-refractivity contribution < 1.29 is 12.9 Å². The molecule has 0 radical (unpaired) electrons. The second-order valence-corrected chi connectivity index (χ2v) is 7.56. The Labute approximate surface area is 148 Å². The molecule has 24 heavy (non-hydrogen) atoms. The van der Waals surface area contributed by atoms with Gasteiger partial charge in [0.15, 0.2) is 5.76 Å². The molecule has 0 aliphatic heterocycles. The lowest BCUT2D eigenvalue weighted by Crippen LogP contribution is -2.44. The zero-order valence-electron chi connectivity index (χ0n) is 13.2. The van der Waals surface area contributed by atoms with Crippen molar-refractivity contribution in [3.8, 4) is 11.3 Å². The molecule has 132 valence electrons. The Morgan fingerprint density at radius 1 is 1.25 bits per heavy atom. The summed E-state index contributed by atoms with van der Waals surface area (Å²) in [5.41, 5.74) is 6.31. The molecule has 0 amide bonds. The molecule has 0 bridgehead atoms. The third-order valence-corrected chi connectivity index (χ3v) is 5.96. The van der Waals surface area contributed by atoms with E-state index in [2.05, 4.69) is 9.88 Å². The molecule has 1 aromatic heterocycles. The summed E-state index contributed by atoms with van der Waals surface area (Å²) in [6.45, 7) is 0.300. The summed E-state index contributed by atoms with van der Waals surface area (Å²) < 4.78 is 33.6. The maximum Gasteiger partial charge on any atom is 0.241 e. The molecule has 1 atom stereocenters. The molecule has 8 heteroatoms. The van der Waals surface area contributed by atoms with Crippen LogP contribution in [0.2, 0.25) is 0 Å². The Morgan fingerprint density at radius 3 is 2.58 bits per heavy atom. The maximum atomic E-state index is 12.8. The highest BCUT2D eigenvalue weighted by molar-refractivity contribution is 7.89. The minimum Gasteiger partial charge on any atom is -0.356 e. The van der Waals surface area contributed by atoms with Gasteiger partial charge < -0.3 is 10.3 Å². The monoisotopic (exact) mass is 371 g/mol. The quantitative estimate of drug-likeness (QED) is 0.813. The van der Waals surface area contributed by atoms with Gasteiger partial charge in [0.1, 0.15) is 0 Å². The molecular formula is C16H22ClN3O3S. The lowest BCUT2D eigenvalue weighted by Gasteiger charge is -2.23. The van der Waals surface area contributed by atoms with E-state index >= 15 is 0 Å². The first-order chi connectivity index (χ1) is 11.1. The highest BCUT2D eigenvalue weighted by atomic mass is 35.5. The number of hydrogen-bond donors (Lipinski definition) is 2. The second-order valence-electron chi connectivity index (χ2n) is 5.88. The molecule has 1 aliphatic carbocycles. The van der Waals surface area contributed by atoms with Gasteiger partial charge in [-0.25, -0.2) is 13.1 Å². The fourth-order valence-corrected chi connectivity index (χ4v) is 4.75. The van der Waals surface area contributed by atoms with Gasteiger partial charge in [-0.1, -0.05) is 30.1 Å². The Bertz CT molecular complexity index is 744. The van der Waals surface area contributed by atoms with Gasteiger partial charge in [-0.15, -0.1) is 12.4 Å². The maximum absolute atomic E-state index is 12.8. The number of rotatable bonds is 6. The predicted molar refractivity (Wildman–Crippen MR) is 94.3 cm³/mol. The van der Waals surface area contributed by atoms with Crippen LogP contribution in [0.25, 0.3) is 11.3 Å². The largest absolute Gasteiger partial charge is 0.356 e. The minimum absolute atomic E-state index is 0. The number of nitrogens with zero attached hydrogens (tertiary/aromatic N) is 1. The number of sulfonamides is 1. The number of aromatic nitrogens is 1. The highest BCUT2D eigenvalue weighted by Gasteiger charge is 2.29. The molecule has 1 aromatic carbocycles. The van der Waals surface area contributed by atoms with Gasteiger partial charge in [-0.05, 0) is 30.9 Å². The van der Waals surface area contributed by atoms with E-state index in [1.807, 2.05) is 0 Å². The van der Waals surface area contributed by atoms with Crippen molar-refractivity contribution in [2.75, 3.05) is 6.54 Å². The first kappa shape index (κ1) is 18.9. The number of halogens is 1. The molecule has 1 heterocycles. The standard InChI is InChI=1S/C16H21N3O3S.ClH/c17-11-14(12-5-1-2-6-12)19-23(20,21)16-8-4-3-7-13(16)15-9-10-18-22-15;/h3-4,7-10,12,14,19H,1-2,5-6,11,17H2;1H. The van der Waals surface area contributed by atoms with Crippen LogP contribution in [0.4, 0.5) is 0 Å². The highest BCUT2D eigenvalue weighted by Crippen LogP contribution is 2.30. The van der Waals surface area contributed by atoms with Crippen molar-refractivity contribution in [3.63, 3.8) is 0 Å². The van der Waals surface area contributed by atoms with Crippen LogP contribution >= 0.6 is 12.4 Å². The van der Waals surface area contributed by atoms with Crippen LogP contribution in [0.15, 0.2) is 45.9 Å². The molecule has 0 saturated heterocycles. The summed E-state index contributed by atoms with van der Waals surface area (Å²) in [6, 6.07) is 8.16. The van der Waals surface area contributed by atoms with Crippen LogP contribution in [0.1, 0.15) is 25.7 Å². The van der Waals surface area contributed by atoms with Crippen molar-refractivity contribution in [1.29, 1.82) is 0 Å². The van der Waals surface area contributed by atoms with Crippen LogP contribution < -0.4 is 10.5 Å². The van der Waals surface area contributed by atoms with Crippen LogP contribution in [-0.2, 0) is 10.0 Å². The Morgan fingerprint density at radius 2 is 1.96 bits per heavy atom. The first-order valence-corrected chi connectivity index (χ1v) is 9.32. The van der Waals surface area contributed by atoms with Crippen LogP contribution in [0, 0.1) is 5.92 Å². The van der Waals surface area contributed by atoms with Gasteiger partial charge in [0.2, 0.25) is 10.0 Å². The minimum atomic E-state index is -3.68. The van der Waals surface area contributed by atoms with Crippen molar-refractivity contribution in [2.45, 2.75) is 36.6 Å². The summed E-state index contributed by atoms with van der Waals surface area (Å²) in [4.78, 5) is 0.188. The van der Waals surface area contributed by atoms with Gasteiger partial charge in [0.05, 0.1) is 11.1 Å². The van der Waals surface area contributed by atoms with Crippen molar-refractivity contribution in [1.82, 2.24) is 9.88 Å². The average Bonchev–Trinajstić information content (AvgIpc) is 3.26. The normalized spacial score (nSPS) is 16.7. The average molecular weight is 372 g/mol. The summed E-state index contributed by atoms with van der Waals surface area (Å²) in [7, 11) is -3.68. The number of nitrogens with two attached hydrogens (primary N) is 1. The number of benzene rings is 1. The van der Waals surface area contributed by atoms with E-state index in [0.717, 1.165) is 25.7 Å². The van der Waals surface area contributed by atoms with Crippen molar-refractivity contribution in [2.24, 2.45) is 11.7 Å². The number of hydrogen-bond acceptors (Lipinski definition) is 5. The summed E-state index contributed by atoms with van der Waals surface area (Å²) in [5.74, 6) is 0.739. The van der Waals surface area contributed by atoms with E-state index in [1.165, 1.54) is 6.20 Å². The predicted octanol–water partition coefficient (Wildman–Crippen LogP) is 2.56. The van der Waals surface area contributed by atoms with E-state index in [-0.39, 0.29) is 23.3 Å². The van der Waals surface area contributed by atoms with Gasteiger partial charge in [-0.2, -0.15) is 0 Å². The van der Waals surface area contributed by atoms with Gasteiger partial charge in [-0.3, -0.25) is 0 Å².